The summed E-state index contributed by atoms with van der Waals surface area (Å²) in [6, 6.07) is -0.798. The van der Waals surface area contributed by atoms with Gasteiger partial charge in [-0.05, 0) is 19.3 Å². The van der Waals surface area contributed by atoms with Crippen molar-refractivity contribution in [3.05, 3.63) is 12.2 Å². The minimum absolute atomic E-state index is 0.174. The Bertz CT molecular complexity index is 997. The molecule has 1 fully saturated rings. The van der Waals surface area contributed by atoms with Gasteiger partial charge in [0.1, 0.15) is 24.4 Å². The molecule has 0 radical (unpaired) electrons. The van der Waals surface area contributed by atoms with Gasteiger partial charge in [0.2, 0.25) is 5.91 Å². The molecule has 1 amide bonds. The first kappa shape index (κ1) is 59.9. The van der Waals surface area contributed by atoms with Gasteiger partial charge in [-0.1, -0.05) is 257 Å². The first-order valence-corrected chi connectivity index (χ1v) is 27.4. The predicted octanol–water partition coefficient (Wildman–Crippen LogP) is 12.8. The van der Waals surface area contributed by atoms with Gasteiger partial charge >= 0.3 is 0 Å². The summed E-state index contributed by atoms with van der Waals surface area (Å²) in [6.07, 6.45) is 47.4. The van der Waals surface area contributed by atoms with E-state index in [2.05, 4.69) is 19.2 Å². The van der Waals surface area contributed by atoms with Crippen LogP contribution in [0.3, 0.4) is 0 Å². The molecule has 2 unspecified atom stereocenters. The topological polar surface area (TPSA) is 149 Å². The normalized spacial score (nSPS) is 20.1. The average Bonchev–Trinajstić information content (AvgIpc) is 3.28. The molecule has 9 nitrogen and oxygen atoms in total. The smallest absolute Gasteiger partial charge is 0.220 e. The predicted molar refractivity (Wildman–Crippen MR) is 263 cm³/mol. The number of amides is 1. The lowest BCUT2D eigenvalue weighted by Crippen LogP contribution is -2.60. The minimum Gasteiger partial charge on any atom is -0.394 e. The van der Waals surface area contributed by atoms with Crippen molar-refractivity contribution in [3.63, 3.8) is 0 Å². The van der Waals surface area contributed by atoms with Gasteiger partial charge in [-0.2, -0.15) is 0 Å². The van der Waals surface area contributed by atoms with Crippen LogP contribution in [0, 0.1) is 0 Å². The zero-order chi connectivity index (χ0) is 45.9. The second-order valence-corrected chi connectivity index (χ2v) is 19.4. The fraction of sp³-hybridized carbons (Fsp3) is 0.944. The van der Waals surface area contributed by atoms with Gasteiger partial charge in [-0.3, -0.25) is 4.79 Å². The molecule has 0 saturated carbocycles. The molecule has 0 aliphatic carbocycles. The van der Waals surface area contributed by atoms with Crippen molar-refractivity contribution in [2.24, 2.45) is 0 Å². The van der Waals surface area contributed by atoms with E-state index in [9.17, 15) is 30.3 Å². The van der Waals surface area contributed by atoms with Gasteiger partial charge in [0.15, 0.2) is 6.29 Å². The maximum atomic E-state index is 13.0. The SMILES string of the molecule is CCCCCCCCC/C=C/[C@@H](O)[C@H](CO[C@@H]1O[C@H](CO)[C@@H](O)C(O)C1O)NC(=O)CCCCCCCCCCCCCCCCCCCCCCCCCCCCCCCCC. The van der Waals surface area contributed by atoms with Crippen molar-refractivity contribution in [2.75, 3.05) is 13.2 Å². The summed E-state index contributed by atoms with van der Waals surface area (Å²) in [7, 11) is 0. The quantitative estimate of drug-likeness (QED) is 0.0261. The van der Waals surface area contributed by atoms with E-state index in [1.165, 1.54) is 212 Å². The summed E-state index contributed by atoms with van der Waals surface area (Å²) in [4.78, 5) is 13.0. The lowest BCUT2D eigenvalue weighted by atomic mass is 9.99. The lowest BCUT2D eigenvalue weighted by molar-refractivity contribution is -0.302. The van der Waals surface area contributed by atoms with Crippen LogP contribution in [0.5, 0.6) is 0 Å². The molecule has 1 aliphatic heterocycles. The van der Waals surface area contributed by atoms with Crippen molar-refractivity contribution in [3.8, 4) is 0 Å². The van der Waals surface area contributed by atoms with E-state index < -0.39 is 49.5 Å². The van der Waals surface area contributed by atoms with Gasteiger partial charge in [0, 0.05) is 6.42 Å². The molecule has 0 aromatic rings. The number of aliphatic hydroxyl groups excluding tert-OH is 5. The van der Waals surface area contributed by atoms with Gasteiger partial charge in [-0.15, -0.1) is 0 Å². The molecule has 0 bridgehead atoms. The highest BCUT2D eigenvalue weighted by molar-refractivity contribution is 5.76. The first-order chi connectivity index (χ1) is 30.8. The molecule has 6 N–H and O–H groups in total. The Morgan fingerprint density at radius 1 is 0.524 bits per heavy atom. The van der Waals surface area contributed by atoms with Crippen LogP contribution < -0.4 is 5.32 Å². The first-order valence-electron chi connectivity index (χ1n) is 27.4. The summed E-state index contributed by atoms with van der Waals surface area (Å²) in [5.41, 5.74) is 0. The molecular weight excluding hydrogens is 791 g/mol. The van der Waals surface area contributed by atoms with Crippen LogP contribution >= 0.6 is 0 Å². The molecule has 1 aliphatic rings. The number of carbonyl (C=O) groups is 1. The number of hydrogen-bond donors (Lipinski definition) is 6. The molecule has 9 heteroatoms. The summed E-state index contributed by atoms with van der Waals surface area (Å²) in [5.74, 6) is -0.174. The number of aliphatic hydroxyl groups is 5. The third-order valence-corrected chi connectivity index (χ3v) is 13.4. The Labute approximate surface area is 388 Å². The van der Waals surface area contributed by atoms with Crippen LogP contribution in [0.2, 0.25) is 0 Å². The molecular formula is C54H105NO8. The standard InChI is InChI=1S/C54H105NO8/c1-3-5-7-9-11-13-14-15-16-17-18-19-20-21-22-23-24-25-26-27-28-29-30-31-32-33-34-36-38-40-42-44-50(58)55-47(48(57)43-41-39-37-35-12-10-8-6-4-2)46-62-54-53(61)52(60)51(59)49(45-56)63-54/h41,43,47-49,51-54,56-57,59-61H,3-40,42,44-46H2,1-2H3,(H,55,58)/b43-41+/t47-,48+,49+,51+,52?,53?,54+/m0/s1. The molecule has 0 aromatic heterocycles. The third kappa shape index (κ3) is 34.8. The van der Waals surface area contributed by atoms with Crippen LogP contribution in [0.4, 0.5) is 0 Å². The molecule has 0 aromatic carbocycles. The number of unbranched alkanes of at least 4 members (excludes halogenated alkanes) is 37. The molecule has 1 heterocycles. The number of nitrogens with one attached hydrogen (secondary N) is 1. The van der Waals surface area contributed by atoms with Gasteiger partial charge in [0.05, 0.1) is 25.4 Å². The van der Waals surface area contributed by atoms with E-state index in [1.807, 2.05) is 6.08 Å². The number of hydrogen-bond acceptors (Lipinski definition) is 8. The lowest BCUT2D eigenvalue weighted by Gasteiger charge is -2.40. The minimum atomic E-state index is -1.56. The average molecular weight is 896 g/mol. The van der Waals surface area contributed by atoms with Crippen LogP contribution in [-0.4, -0.2) is 87.5 Å². The Morgan fingerprint density at radius 2 is 0.873 bits per heavy atom. The summed E-state index contributed by atoms with van der Waals surface area (Å²) >= 11 is 0. The highest BCUT2D eigenvalue weighted by Crippen LogP contribution is 2.23. The van der Waals surface area contributed by atoms with Crippen LogP contribution in [-0.2, 0) is 14.3 Å². The van der Waals surface area contributed by atoms with Crippen molar-refractivity contribution < 1.29 is 39.8 Å². The highest BCUT2D eigenvalue weighted by Gasteiger charge is 2.44. The Balaban J connectivity index is 2.07. The Kier molecular flexibility index (Phi) is 42.6. The van der Waals surface area contributed by atoms with E-state index >= 15 is 0 Å². The zero-order valence-corrected chi connectivity index (χ0v) is 41.4. The highest BCUT2D eigenvalue weighted by atomic mass is 16.7. The van der Waals surface area contributed by atoms with Crippen LogP contribution in [0.15, 0.2) is 12.2 Å². The van der Waals surface area contributed by atoms with Crippen LogP contribution in [0.1, 0.15) is 271 Å². The van der Waals surface area contributed by atoms with Crippen molar-refractivity contribution in [1.82, 2.24) is 5.32 Å². The largest absolute Gasteiger partial charge is 0.394 e. The maximum Gasteiger partial charge on any atom is 0.220 e. The van der Waals surface area contributed by atoms with E-state index in [1.54, 1.807) is 6.08 Å². The second kappa shape index (κ2) is 44.7. The van der Waals surface area contributed by atoms with Gasteiger partial charge in [0.25, 0.3) is 0 Å². The van der Waals surface area contributed by atoms with Gasteiger partial charge in [-0.25, -0.2) is 0 Å². The third-order valence-electron chi connectivity index (χ3n) is 13.4. The summed E-state index contributed by atoms with van der Waals surface area (Å²) in [6.45, 7) is 3.77. The molecule has 1 rings (SSSR count). The van der Waals surface area contributed by atoms with Crippen molar-refractivity contribution in [1.29, 1.82) is 0 Å². The van der Waals surface area contributed by atoms with Crippen LogP contribution in [0.25, 0.3) is 0 Å². The fourth-order valence-corrected chi connectivity index (χ4v) is 8.98. The monoisotopic (exact) mass is 896 g/mol. The molecule has 7 atom stereocenters. The molecule has 374 valence electrons. The number of rotatable bonds is 47. The van der Waals surface area contributed by atoms with E-state index in [0.29, 0.717) is 6.42 Å². The number of ether oxygens (including phenoxy) is 2. The van der Waals surface area contributed by atoms with Crippen molar-refractivity contribution >= 4 is 5.91 Å². The van der Waals surface area contributed by atoms with Crippen molar-refractivity contribution in [2.45, 2.75) is 314 Å². The number of carbonyl (C=O) groups excluding carboxylic acids is 1. The zero-order valence-electron chi connectivity index (χ0n) is 41.4. The fourth-order valence-electron chi connectivity index (χ4n) is 8.98. The van der Waals surface area contributed by atoms with E-state index in [-0.39, 0.29) is 12.5 Å². The maximum absolute atomic E-state index is 13.0. The number of allylic oxidation sites excluding steroid dienone is 1. The van der Waals surface area contributed by atoms with E-state index in [4.69, 9.17) is 9.47 Å². The summed E-state index contributed by atoms with van der Waals surface area (Å²) in [5, 5.41) is 54.1. The molecule has 0 spiro atoms. The van der Waals surface area contributed by atoms with E-state index in [0.717, 1.165) is 38.5 Å². The molecule has 63 heavy (non-hydrogen) atoms. The second-order valence-electron chi connectivity index (χ2n) is 19.4. The van der Waals surface area contributed by atoms with Gasteiger partial charge < -0.3 is 40.3 Å². The molecule has 1 saturated heterocycles. The Morgan fingerprint density at radius 3 is 1.24 bits per heavy atom. The summed E-state index contributed by atoms with van der Waals surface area (Å²) < 4.78 is 11.2. The Hall–Kier alpha value is -1.07.